The van der Waals surface area contributed by atoms with E-state index in [1.54, 1.807) is 0 Å². The quantitative estimate of drug-likeness (QED) is 0.738. The first-order valence-corrected chi connectivity index (χ1v) is 9.68. The first-order chi connectivity index (χ1) is 10.4. The maximum absolute atomic E-state index is 10.1. The molecule has 2 bridgehead atoms. The number of aliphatic hydroxyl groups is 1. The van der Waals surface area contributed by atoms with Crippen LogP contribution in [-0.4, -0.2) is 23.4 Å². The Hall–Kier alpha value is -0.0800. The molecule has 0 radical (unpaired) electrons. The van der Waals surface area contributed by atoms with Crippen LogP contribution < -0.4 is 0 Å². The van der Waals surface area contributed by atoms with Gasteiger partial charge in [-0.1, -0.05) is 20.3 Å². The van der Waals surface area contributed by atoms with E-state index in [1.165, 1.54) is 51.4 Å². The third-order valence-corrected chi connectivity index (χ3v) is 9.45. The van der Waals surface area contributed by atoms with Crippen LogP contribution >= 0.6 is 0 Å². The van der Waals surface area contributed by atoms with Crippen molar-refractivity contribution in [2.45, 2.75) is 83.8 Å². The number of hydrogen-bond donors (Lipinski definition) is 1. The monoisotopic (exact) mass is 304 g/mol. The van der Waals surface area contributed by atoms with Crippen molar-refractivity contribution in [1.29, 1.82) is 0 Å². The van der Waals surface area contributed by atoms with Crippen molar-refractivity contribution in [2.75, 3.05) is 6.61 Å². The van der Waals surface area contributed by atoms with Gasteiger partial charge >= 0.3 is 0 Å². The smallest absolute Gasteiger partial charge is 0.0954 e. The molecule has 124 valence electrons. The van der Waals surface area contributed by atoms with Crippen LogP contribution in [0.25, 0.3) is 0 Å². The Bertz CT molecular complexity index is 518. The number of epoxide rings is 1. The number of fused-ring (bicyclic) bond motifs is 5. The van der Waals surface area contributed by atoms with Gasteiger partial charge in [-0.05, 0) is 80.5 Å². The Labute approximate surface area is 135 Å². The SMILES string of the molecule is C[C@]1(CO)CCC[C@@]2(C)[C@@H]1CC[C@@]13C[C@@H](CC[C@@H]21)[C@@]1(C)O[C@@H]31. The Kier molecular flexibility index (Phi) is 2.56. The molecular formula is C20H32O2. The van der Waals surface area contributed by atoms with E-state index in [9.17, 15) is 5.11 Å². The molecule has 1 saturated heterocycles. The summed E-state index contributed by atoms with van der Waals surface area (Å²) in [6.45, 7) is 7.74. The van der Waals surface area contributed by atoms with Gasteiger partial charge in [-0.3, -0.25) is 0 Å². The third-order valence-electron chi connectivity index (χ3n) is 9.45. The lowest BCUT2D eigenvalue weighted by molar-refractivity contribution is -0.174. The number of aliphatic hydroxyl groups excluding tert-OH is 1. The molecule has 5 fully saturated rings. The van der Waals surface area contributed by atoms with E-state index in [0.29, 0.717) is 23.5 Å². The van der Waals surface area contributed by atoms with Gasteiger partial charge in [0, 0.05) is 12.0 Å². The number of rotatable bonds is 1. The van der Waals surface area contributed by atoms with Gasteiger partial charge in [-0.2, -0.15) is 0 Å². The normalized spacial score (nSPS) is 65.5. The third kappa shape index (κ3) is 1.38. The summed E-state index contributed by atoms with van der Waals surface area (Å²) in [5, 5.41) is 10.1. The fraction of sp³-hybridized carbons (Fsp3) is 1.00. The molecule has 0 aromatic heterocycles. The standard InChI is InChI=1S/C20H32O2/c1-17(12-21)8-4-9-18(2)14(17)7-10-20-11-13(5-6-15(18)20)19(3)16(20)22-19/h13-16,21H,4-12H2,1-3H3/t13-,14-,15+,16-,17-,18+,19-,20-/m1/s1. The van der Waals surface area contributed by atoms with E-state index >= 15 is 0 Å². The lowest BCUT2D eigenvalue weighted by Crippen LogP contribution is -2.58. The van der Waals surface area contributed by atoms with Crippen molar-refractivity contribution in [3.63, 3.8) is 0 Å². The Morgan fingerprint density at radius 1 is 1.00 bits per heavy atom. The molecule has 2 nitrogen and oxygen atoms in total. The average molecular weight is 304 g/mol. The van der Waals surface area contributed by atoms with Crippen molar-refractivity contribution >= 4 is 0 Å². The molecule has 5 rings (SSSR count). The predicted octanol–water partition coefficient (Wildman–Crippen LogP) is 4.16. The zero-order valence-electron chi connectivity index (χ0n) is 14.5. The van der Waals surface area contributed by atoms with Crippen LogP contribution in [-0.2, 0) is 4.74 Å². The first kappa shape index (κ1) is 14.3. The van der Waals surface area contributed by atoms with Gasteiger partial charge in [0.05, 0.1) is 11.7 Å². The highest BCUT2D eigenvalue weighted by Gasteiger charge is 2.78. The van der Waals surface area contributed by atoms with Gasteiger partial charge in [0.2, 0.25) is 0 Å². The van der Waals surface area contributed by atoms with Crippen molar-refractivity contribution in [3.8, 4) is 0 Å². The zero-order valence-corrected chi connectivity index (χ0v) is 14.5. The summed E-state index contributed by atoms with van der Waals surface area (Å²) in [6.07, 6.45) is 11.4. The summed E-state index contributed by atoms with van der Waals surface area (Å²) in [5.41, 5.74) is 1.34. The number of ether oxygens (including phenoxy) is 1. The largest absolute Gasteiger partial charge is 0.396 e. The first-order valence-electron chi connectivity index (χ1n) is 9.68. The molecule has 0 aromatic carbocycles. The predicted molar refractivity (Wildman–Crippen MR) is 86.4 cm³/mol. The highest BCUT2D eigenvalue weighted by molar-refractivity contribution is 5.26. The van der Waals surface area contributed by atoms with Crippen LogP contribution in [0, 0.1) is 34.0 Å². The van der Waals surface area contributed by atoms with E-state index in [2.05, 4.69) is 20.8 Å². The van der Waals surface area contributed by atoms with Crippen LogP contribution in [0.1, 0.15) is 72.1 Å². The zero-order chi connectivity index (χ0) is 15.4. The maximum Gasteiger partial charge on any atom is 0.0954 e. The second kappa shape index (κ2) is 3.94. The minimum absolute atomic E-state index is 0.164. The summed E-state index contributed by atoms with van der Waals surface area (Å²) in [4.78, 5) is 0. The summed E-state index contributed by atoms with van der Waals surface area (Å²) < 4.78 is 6.32. The minimum Gasteiger partial charge on any atom is -0.396 e. The van der Waals surface area contributed by atoms with E-state index in [4.69, 9.17) is 4.74 Å². The summed E-state index contributed by atoms with van der Waals surface area (Å²) >= 11 is 0. The molecule has 5 aliphatic rings. The topological polar surface area (TPSA) is 32.8 Å². The van der Waals surface area contributed by atoms with Crippen molar-refractivity contribution in [1.82, 2.24) is 0 Å². The van der Waals surface area contributed by atoms with Gasteiger partial charge < -0.3 is 9.84 Å². The molecule has 1 heterocycles. The van der Waals surface area contributed by atoms with Gasteiger partial charge in [-0.15, -0.1) is 0 Å². The van der Waals surface area contributed by atoms with Crippen LogP contribution in [0.4, 0.5) is 0 Å². The van der Waals surface area contributed by atoms with Crippen LogP contribution in [0.5, 0.6) is 0 Å². The molecule has 4 saturated carbocycles. The fourth-order valence-corrected chi connectivity index (χ4v) is 8.46. The van der Waals surface area contributed by atoms with Gasteiger partial charge in [-0.25, -0.2) is 0 Å². The maximum atomic E-state index is 10.1. The van der Waals surface area contributed by atoms with E-state index in [1.807, 2.05) is 0 Å². The van der Waals surface area contributed by atoms with Gasteiger partial charge in [0.25, 0.3) is 0 Å². The highest BCUT2D eigenvalue weighted by atomic mass is 16.6. The molecule has 0 amide bonds. The molecule has 0 aromatic rings. The molecular weight excluding hydrogens is 272 g/mol. The lowest BCUT2D eigenvalue weighted by Gasteiger charge is -2.64. The molecule has 1 aliphatic heterocycles. The van der Waals surface area contributed by atoms with Crippen LogP contribution in [0.2, 0.25) is 0 Å². The van der Waals surface area contributed by atoms with E-state index in [0.717, 1.165) is 17.8 Å². The molecule has 0 unspecified atom stereocenters. The van der Waals surface area contributed by atoms with Gasteiger partial charge in [0.15, 0.2) is 0 Å². The van der Waals surface area contributed by atoms with Crippen molar-refractivity contribution in [2.24, 2.45) is 34.0 Å². The molecule has 4 aliphatic carbocycles. The lowest BCUT2D eigenvalue weighted by atomic mass is 9.41. The summed E-state index contributed by atoms with van der Waals surface area (Å²) in [5.74, 6) is 2.40. The van der Waals surface area contributed by atoms with E-state index < -0.39 is 0 Å². The highest BCUT2D eigenvalue weighted by Crippen LogP contribution is 2.77. The van der Waals surface area contributed by atoms with Crippen LogP contribution in [0.15, 0.2) is 0 Å². The van der Waals surface area contributed by atoms with Crippen LogP contribution in [0.3, 0.4) is 0 Å². The Morgan fingerprint density at radius 2 is 1.82 bits per heavy atom. The Balaban J connectivity index is 1.57. The molecule has 2 heteroatoms. The second-order valence-electron chi connectivity index (χ2n) is 10.2. The summed E-state index contributed by atoms with van der Waals surface area (Å²) in [7, 11) is 0. The minimum atomic E-state index is 0.164. The van der Waals surface area contributed by atoms with Crippen molar-refractivity contribution < 1.29 is 9.84 Å². The molecule has 1 N–H and O–H groups in total. The van der Waals surface area contributed by atoms with Gasteiger partial charge in [0.1, 0.15) is 0 Å². The van der Waals surface area contributed by atoms with E-state index in [-0.39, 0.29) is 11.0 Å². The Morgan fingerprint density at radius 3 is 2.59 bits per heavy atom. The molecule has 22 heavy (non-hydrogen) atoms. The fourth-order valence-electron chi connectivity index (χ4n) is 8.46. The summed E-state index contributed by atoms with van der Waals surface area (Å²) in [6, 6.07) is 0. The average Bonchev–Trinajstić information content (AvgIpc) is 3.17. The molecule has 1 spiro atoms. The second-order valence-corrected chi connectivity index (χ2v) is 10.2. The molecule has 8 atom stereocenters. The number of hydrogen-bond acceptors (Lipinski definition) is 2. The van der Waals surface area contributed by atoms with Crippen molar-refractivity contribution in [3.05, 3.63) is 0 Å².